The summed E-state index contributed by atoms with van der Waals surface area (Å²) < 4.78 is 26.6. The van der Waals surface area contributed by atoms with Crippen LogP contribution in [0.1, 0.15) is 52.8 Å². The molecule has 2 heterocycles. The minimum atomic E-state index is -5.28. The van der Waals surface area contributed by atoms with Gasteiger partial charge in [-0.25, -0.2) is 15.0 Å². The van der Waals surface area contributed by atoms with Crippen molar-refractivity contribution in [2.75, 3.05) is 0 Å². The minimum Gasteiger partial charge on any atom is -0.324 e. The highest BCUT2D eigenvalue weighted by atomic mass is 31.2. The molecule has 10 nitrogen and oxygen atoms in total. The summed E-state index contributed by atoms with van der Waals surface area (Å²) in [6, 6.07) is 0. The number of hydrogen-bond donors (Lipinski definition) is 4. The molecule has 0 aliphatic rings. The first-order chi connectivity index (χ1) is 12.5. The Morgan fingerprint density at radius 1 is 0.963 bits per heavy atom. The minimum absolute atomic E-state index is 0.0600. The molecule has 27 heavy (non-hydrogen) atoms. The van der Waals surface area contributed by atoms with E-state index < -0.39 is 32.0 Å². The Morgan fingerprint density at radius 2 is 1.52 bits per heavy atom. The lowest BCUT2D eigenvalue weighted by Gasteiger charge is -2.50. The van der Waals surface area contributed by atoms with Gasteiger partial charge in [0.15, 0.2) is 10.5 Å². The van der Waals surface area contributed by atoms with Crippen LogP contribution in [-0.2, 0) is 21.1 Å². The quantitative estimate of drug-likeness (QED) is 0.470. The molecule has 4 N–H and O–H groups in total. The topological polar surface area (TPSA) is 159 Å². The molecule has 0 radical (unpaired) electrons. The predicted molar refractivity (Wildman–Crippen MR) is 100 cm³/mol. The summed E-state index contributed by atoms with van der Waals surface area (Å²) in [6.07, 6.45) is 3.06. The van der Waals surface area contributed by atoms with E-state index >= 15 is 0 Å². The van der Waals surface area contributed by atoms with E-state index in [4.69, 9.17) is 0 Å². The normalized spacial score (nSPS) is 14.1. The summed E-state index contributed by atoms with van der Waals surface area (Å²) in [5, 5.41) is 0. The lowest BCUT2D eigenvalue weighted by Crippen LogP contribution is -2.54. The van der Waals surface area contributed by atoms with Gasteiger partial charge in [-0.05, 0) is 19.3 Å². The summed E-state index contributed by atoms with van der Waals surface area (Å²) in [6.45, 7) is 6.53. The Hall–Kier alpha value is -1.15. The molecular weight excluding hydrogens is 394 g/mol. The average Bonchev–Trinajstić information content (AvgIpc) is 3.00. The molecule has 2 rings (SSSR count). The summed E-state index contributed by atoms with van der Waals surface area (Å²) in [5.74, 6) is 0.500. The van der Waals surface area contributed by atoms with Gasteiger partial charge < -0.3 is 24.1 Å². The number of rotatable bonds is 8. The second kappa shape index (κ2) is 7.35. The molecule has 0 saturated heterocycles. The third kappa shape index (κ3) is 3.09. The van der Waals surface area contributed by atoms with Crippen LogP contribution in [0, 0.1) is 0 Å². The Kier molecular flexibility index (Phi) is 6.03. The van der Waals surface area contributed by atoms with Crippen molar-refractivity contribution in [2.24, 2.45) is 0 Å². The van der Waals surface area contributed by atoms with E-state index in [0.29, 0.717) is 23.4 Å². The van der Waals surface area contributed by atoms with Crippen LogP contribution in [0.5, 0.6) is 0 Å². The summed E-state index contributed by atoms with van der Waals surface area (Å²) in [7, 11) is -10.6. The zero-order valence-electron chi connectivity index (χ0n) is 15.8. The van der Waals surface area contributed by atoms with Crippen molar-refractivity contribution in [3.63, 3.8) is 0 Å². The highest BCUT2D eigenvalue weighted by molar-refractivity contribution is 7.72. The number of hydrogen-bond acceptors (Lipinski definition) is 5. The lowest BCUT2D eigenvalue weighted by molar-refractivity contribution is 0.165. The molecule has 2 aromatic rings. The van der Waals surface area contributed by atoms with E-state index in [1.54, 1.807) is 13.8 Å². The standard InChI is InChI=1S/C15H26N4O6P2/c1-5-12-16-9-11-13(18-12)19(10-17-11)14(6-2,7-3)15(8-4,26(20,21)22)27(23,24)25/h9-10H,5-8H2,1-4H3,(H2,20,21,22)(H2,23,24,25). The van der Waals surface area contributed by atoms with Crippen LogP contribution in [0.4, 0.5) is 0 Å². The van der Waals surface area contributed by atoms with Gasteiger partial charge in [-0.15, -0.1) is 0 Å². The van der Waals surface area contributed by atoms with Crippen LogP contribution in [0.2, 0.25) is 0 Å². The van der Waals surface area contributed by atoms with Crippen LogP contribution in [0.15, 0.2) is 12.5 Å². The largest absolute Gasteiger partial charge is 0.346 e. The van der Waals surface area contributed by atoms with Gasteiger partial charge >= 0.3 is 15.2 Å². The molecule has 0 fully saturated rings. The van der Waals surface area contributed by atoms with E-state index in [0.717, 1.165) is 0 Å². The first kappa shape index (κ1) is 22.1. The van der Waals surface area contributed by atoms with Crippen molar-refractivity contribution < 1.29 is 28.7 Å². The van der Waals surface area contributed by atoms with Crippen LogP contribution >= 0.6 is 15.2 Å². The Morgan fingerprint density at radius 3 is 1.93 bits per heavy atom. The highest BCUT2D eigenvalue weighted by Gasteiger charge is 2.70. The molecular formula is C15H26N4O6P2. The fourth-order valence-electron chi connectivity index (χ4n) is 4.13. The van der Waals surface area contributed by atoms with Gasteiger partial charge in [-0.3, -0.25) is 9.13 Å². The fourth-order valence-corrected chi connectivity index (χ4v) is 8.24. The molecule has 0 atom stereocenters. The summed E-state index contributed by atoms with van der Waals surface area (Å²) >= 11 is 0. The van der Waals surface area contributed by atoms with Crippen LogP contribution in [0.25, 0.3) is 11.2 Å². The Labute approximate surface area is 157 Å². The Bertz CT molecular complexity index is 892. The number of aromatic nitrogens is 4. The molecule has 2 aromatic heterocycles. The van der Waals surface area contributed by atoms with Crippen molar-refractivity contribution in [1.29, 1.82) is 0 Å². The van der Waals surface area contributed by atoms with E-state index in [1.807, 2.05) is 6.92 Å². The maximum Gasteiger partial charge on any atom is 0.346 e. The zero-order chi connectivity index (χ0) is 20.7. The monoisotopic (exact) mass is 420 g/mol. The van der Waals surface area contributed by atoms with Crippen molar-refractivity contribution in [2.45, 2.75) is 63.8 Å². The van der Waals surface area contributed by atoms with Crippen molar-refractivity contribution in [1.82, 2.24) is 19.5 Å². The van der Waals surface area contributed by atoms with Gasteiger partial charge in [0, 0.05) is 6.42 Å². The molecule has 152 valence electrons. The molecule has 0 aliphatic heterocycles. The van der Waals surface area contributed by atoms with Gasteiger partial charge in [0.25, 0.3) is 0 Å². The van der Waals surface area contributed by atoms with Gasteiger partial charge in [0.05, 0.1) is 18.1 Å². The van der Waals surface area contributed by atoms with E-state index in [9.17, 15) is 28.7 Å². The van der Waals surface area contributed by atoms with Gasteiger partial charge in [0.2, 0.25) is 0 Å². The first-order valence-electron chi connectivity index (χ1n) is 8.76. The zero-order valence-corrected chi connectivity index (χ0v) is 17.6. The second-order valence-corrected chi connectivity index (χ2v) is 10.5. The highest BCUT2D eigenvalue weighted by Crippen LogP contribution is 2.77. The number of imidazole rings is 1. The van der Waals surface area contributed by atoms with E-state index in [-0.39, 0.29) is 12.8 Å². The second-order valence-electron chi connectivity index (χ2n) is 6.46. The molecule has 0 aliphatic carbocycles. The third-order valence-corrected chi connectivity index (χ3v) is 10.4. The van der Waals surface area contributed by atoms with Crippen molar-refractivity contribution in [3.8, 4) is 0 Å². The fraction of sp³-hybridized carbons (Fsp3) is 0.667. The van der Waals surface area contributed by atoms with Crippen LogP contribution < -0.4 is 0 Å². The first-order valence-corrected chi connectivity index (χ1v) is 12.0. The number of fused-ring (bicyclic) bond motifs is 1. The molecule has 0 bridgehead atoms. The third-order valence-electron chi connectivity index (χ3n) is 5.49. The molecule has 0 saturated carbocycles. The summed E-state index contributed by atoms with van der Waals surface area (Å²) in [5.41, 5.74) is -0.918. The smallest absolute Gasteiger partial charge is 0.324 e. The Balaban J connectivity index is 3.00. The van der Waals surface area contributed by atoms with E-state index in [1.165, 1.54) is 24.0 Å². The molecule has 0 aromatic carbocycles. The number of nitrogens with zero attached hydrogens (tertiary/aromatic N) is 4. The van der Waals surface area contributed by atoms with Gasteiger partial charge in [-0.1, -0.05) is 27.7 Å². The SMILES string of the molecule is CCc1ncc2ncn(C(CC)(CC)C(CC)(P(=O)(O)O)P(=O)(O)O)c2n1. The number of aryl methyl sites for hydroxylation is 1. The van der Waals surface area contributed by atoms with Crippen LogP contribution in [-0.4, -0.2) is 44.0 Å². The van der Waals surface area contributed by atoms with E-state index in [2.05, 4.69) is 15.0 Å². The molecule has 12 heteroatoms. The van der Waals surface area contributed by atoms with Gasteiger partial charge in [-0.2, -0.15) is 0 Å². The predicted octanol–water partition coefficient (Wildman–Crippen LogP) is 2.37. The molecule has 0 spiro atoms. The molecule has 0 unspecified atom stereocenters. The van der Waals surface area contributed by atoms with Crippen molar-refractivity contribution in [3.05, 3.63) is 18.3 Å². The van der Waals surface area contributed by atoms with Gasteiger partial charge in [0.1, 0.15) is 11.3 Å². The molecule has 0 amide bonds. The maximum absolute atomic E-state index is 12.6. The average molecular weight is 420 g/mol. The van der Waals surface area contributed by atoms with Crippen LogP contribution in [0.3, 0.4) is 0 Å². The summed E-state index contributed by atoms with van der Waals surface area (Å²) in [4.78, 5) is 50.9. The lowest BCUT2D eigenvalue weighted by atomic mass is 9.86. The maximum atomic E-state index is 12.6. The van der Waals surface area contributed by atoms with Crippen molar-refractivity contribution >= 4 is 26.4 Å².